The molecule has 5 nitrogen and oxygen atoms in total. The highest BCUT2D eigenvalue weighted by Gasteiger charge is 2.15. The maximum Gasteiger partial charge on any atom is 0.230 e. The van der Waals surface area contributed by atoms with Gasteiger partial charge in [-0.25, -0.2) is 0 Å². The van der Waals surface area contributed by atoms with Crippen LogP contribution in [0.4, 0.5) is 0 Å². The van der Waals surface area contributed by atoms with E-state index in [0.717, 1.165) is 29.5 Å². The number of thioether (sulfide) groups is 1. The van der Waals surface area contributed by atoms with Crippen molar-refractivity contribution in [3.8, 4) is 0 Å². The van der Waals surface area contributed by atoms with E-state index < -0.39 is 0 Å². The van der Waals surface area contributed by atoms with E-state index in [0.29, 0.717) is 10.8 Å². The lowest BCUT2D eigenvalue weighted by Gasteiger charge is -2.14. The van der Waals surface area contributed by atoms with Crippen LogP contribution >= 0.6 is 23.4 Å². The minimum absolute atomic E-state index is 0.0392. The molecule has 28 heavy (non-hydrogen) atoms. The van der Waals surface area contributed by atoms with E-state index in [-0.39, 0.29) is 11.9 Å². The average molecular weight is 415 g/mol. The van der Waals surface area contributed by atoms with E-state index in [4.69, 9.17) is 11.6 Å². The Kier molecular flexibility index (Phi) is 7.12. The Morgan fingerprint density at radius 1 is 1.14 bits per heavy atom. The lowest BCUT2D eigenvalue weighted by Crippen LogP contribution is -2.28. The molecule has 0 radical (unpaired) electrons. The van der Waals surface area contributed by atoms with Crippen LogP contribution in [-0.4, -0.2) is 26.4 Å². The third-order valence-corrected chi connectivity index (χ3v) is 5.61. The van der Waals surface area contributed by atoms with Gasteiger partial charge in [0.15, 0.2) is 5.16 Å². The number of halogens is 1. The zero-order valence-corrected chi connectivity index (χ0v) is 17.5. The number of rotatable bonds is 8. The summed E-state index contributed by atoms with van der Waals surface area (Å²) in [4.78, 5) is 12.3. The lowest BCUT2D eigenvalue weighted by atomic mass is 10.1. The largest absolute Gasteiger partial charge is 0.349 e. The number of carbonyl (C=O) groups is 1. The summed E-state index contributed by atoms with van der Waals surface area (Å²) in [5.74, 6) is 1.16. The highest BCUT2D eigenvalue weighted by atomic mass is 35.5. The summed E-state index contributed by atoms with van der Waals surface area (Å²) in [6, 6.07) is 17.6. The molecule has 0 bridgehead atoms. The number of amides is 1. The molecule has 0 spiro atoms. The summed E-state index contributed by atoms with van der Waals surface area (Å²) in [5.41, 5.74) is 2.21. The van der Waals surface area contributed by atoms with Crippen molar-refractivity contribution in [2.45, 2.75) is 38.0 Å². The Balaban J connectivity index is 1.58. The van der Waals surface area contributed by atoms with Crippen molar-refractivity contribution in [3.63, 3.8) is 0 Å². The highest BCUT2D eigenvalue weighted by molar-refractivity contribution is 7.99. The van der Waals surface area contributed by atoms with Gasteiger partial charge in [0.05, 0.1) is 11.8 Å². The van der Waals surface area contributed by atoms with Crippen molar-refractivity contribution < 1.29 is 4.79 Å². The fourth-order valence-electron chi connectivity index (χ4n) is 2.90. The number of hydrogen-bond donors (Lipinski definition) is 1. The van der Waals surface area contributed by atoms with Gasteiger partial charge in [-0.1, -0.05) is 65.8 Å². The van der Waals surface area contributed by atoms with Crippen LogP contribution < -0.4 is 5.32 Å². The number of hydrogen-bond acceptors (Lipinski definition) is 4. The molecule has 1 aromatic heterocycles. The van der Waals surface area contributed by atoms with Crippen LogP contribution in [0.15, 0.2) is 59.8 Å². The molecule has 0 aliphatic heterocycles. The number of carbonyl (C=O) groups excluding carboxylic acids is 1. The molecule has 1 N–H and O–H groups in total. The van der Waals surface area contributed by atoms with Gasteiger partial charge in [-0.15, -0.1) is 10.2 Å². The maximum atomic E-state index is 12.3. The van der Waals surface area contributed by atoms with Gasteiger partial charge in [0.2, 0.25) is 5.91 Å². The first-order chi connectivity index (χ1) is 13.6. The van der Waals surface area contributed by atoms with Gasteiger partial charge in [0, 0.05) is 18.0 Å². The molecule has 3 rings (SSSR count). The van der Waals surface area contributed by atoms with E-state index >= 15 is 0 Å². The summed E-state index contributed by atoms with van der Waals surface area (Å²) in [5, 5.41) is 13.1. The summed E-state index contributed by atoms with van der Waals surface area (Å²) in [6.07, 6.45) is 0.724. The Morgan fingerprint density at radius 3 is 2.54 bits per heavy atom. The summed E-state index contributed by atoms with van der Waals surface area (Å²) in [7, 11) is 0. The molecule has 2 aromatic carbocycles. The lowest BCUT2D eigenvalue weighted by molar-refractivity contribution is -0.119. The van der Waals surface area contributed by atoms with E-state index in [1.165, 1.54) is 17.3 Å². The van der Waals surface area contributed by atoms with Gasteiger partial charge in [0.25, 0.3) is 0 Å². The fraction of sp³-hybridized carbons (Fsp3) is 0.286. The quantitative estimate of drug-likeness (QED) is 0.551. The molecule has 0 saturated heterocycles. The first-order valence-corrected chi connectivity index (χ1v) is 10.6. The second kappa shape index (κ2) is 9.75. The van der Waals surface area contributed by atoms with Crippen molar-refractivity contribution in [2.75, 3.05) is 5.75 Å². The number of nitrogens with zero attached hydrogens (tertiary/aromatic N) is 3. The second-order valence-corrected chi connectivity index (χ2v) is 7.81. The van der Waals surface area contributed by atoms with Gasteiger partial charge in [-0.05, 0) is 37.1 Å². The number of benzene rings is 2. The minimum atomic E-state index is -0.0805. The molecular formula is C21H23ClN4OS. The molecule has 1 unspecified atom stereocenters. The van der Waals surface area contributed by atoms with Crippen LogP contribution in [0.25, 0.3) is 0 Å². The molecule has 0 saturated carbocycles. The SMILES string of the molecule is CCn1c(Cc2ccccc2)nnc1SCC(=O)NC(C)c1ccc(Cl)cc1. The van der Waals surface area contributed by atoms with Gasteiger partial charge >= 0.3 is 0 Å². The molecule has 3 aromatic rings. The number of aromatic nitrogens is 3. The van der Waals surface area contributed by atoms with Crippen LogP contribution in [0.3, 0.4) is 0 Å². The molecule has 7 heteroatoms. The summed E-state index contributed by atoms with van der Waals surface area (Å²) in [6.45, 7) is 4.78. The molecule has 0 aliphatic rings. The van der Waals surface area contributed by atoms with Crippen LogP contribution in [0.2, 0.25) is 5.02 Å². The second-order valence-electron chi connectivity index (χ2n) is 6.43. The third kappa shape index (κ3) is 5.36. The Hall–Kier alpha value is -2.31. The van der Waals surface area contributed by atoms with E-state index in [1.807, 2.05) is 49.4 Å². The van der Waals surface area contributed by atoms with Crippen molar-refractivity contribution in [1.29, 1.82) is 0 Å². The molecule has 0 fully saturated rings. The smallest absolute Gasteiger partial charge is 0.230 e. The first-order valence-electron chi connectivity index (χ1n) is 9.20. The Morgan fingerprint density at radius 2 is 1.86 bits per heavy atom. The Bertz CT molecular complexity index is 912. The molecule has 1 amide bonds. The van der Waals surface area contributed by atoms with Crippen molar-refractivity contribution in [1.82, 2.24) is 20.1 Å². The maximum absolute atomic E-state index is 12.3. The average Bonchev–Trinajstić information content (AvgIpc) is 3.09. The van der Waals surface area contributed by atoms with Crippen LogP contribution in [0, 0.1) is 0 Å². The molecule has 0 aliphatic carbocycles. The van der Waals surface area contributed by atoms with Crippen molar-refractivity contribution in [2.24, 2.45) is 0 Å². The zero-order valence-electron chi connectivity index (χ0n) is 15.9. The van der Waals surface area contributed by atoms with Gasteiger partial charge < -0.3 is 9.88 Å². The summed E-state index contributed by atoms with van der Waals surface area (Å²) >= 11 is 7.32. The van der Waals surface area contributed by atoms with Crippen LogP contribution in [-0.2, 0) is 17.8 Å². The van der Waals surface area contributed by atoms with E-state index in [2.05, 4.69) is 39.1 Å². The zero-order chi connectivity index (χ0) is 19.9. The third-order valence-electron chi connectivity index (χ3n) is 4.39. The standard InChI is InChI=1S/C21H23ClN4OS/c1-3-26-19(13-16-7-5-4-6-8-16)24-25-21(26)28-14-20(27)23-15(2)17-9-11-18(22)12-10-17/h4-12,15H,3,13-14H2,1-2H3,(H,23,27). The van der Waals surface area contributed by atoms with Gasteiger partial charge in [-0.3, -0.25) is 4.79 Å². The van der Waals surface area contributed by atoms with Gasteiger partial charge in [0.1, 0.15) is 5.82 Å². The normalized spacial score (nSPS) is 12.0. The van der Waals surface area contributed by atoms with Crippen LogP contribution in [0.1, 0.15) is 36.8 Å². The van der Waals surface area contributed by atoms with Crippen LogP contribution in [0.5, 0.6) is 0 Å². The van der Waals surface area contributed by atoms with Crippen molar-refractivity contribution in [3.05, 3.63) is 76.6 Å². The molecule has 1 atom stereocenters. The summed E-state index contributed by atoms with van der Waals surface area (Å²) < 4.78 is 2.06. The van der Waals surface area contributed by atoms with Gasteiger partial charge in [-0.2, -0.15) is 0 Å². The monoisotopic (exact) mass is 414 g/mol. The first kappa shape index (κ1) is 20.4. The van der Waals surface area contributed by atoms with Crippen molar-refractivity contribution >= 4 is 29.3 Å². The molecule has 146 valence electrons. The fourth-order valence-corrected chi connectivity index (χ4v) is 3.86. The predicted molar refractivity (Wildman–Crippen MR) is 114 cm³/mol. The van der Waals surface area contributed by atoms with E-state index in [9.17, 15) is 4.79 Å². The molecular weight excluding hydrogens is 392 g/mol. The molecule has 1 heterocycles. The van der Waals surface area contributed by atoms with E-state index in [1.54, 1.807) is 0 Å². The minimum Gasteiger partial charge on any atom is -0.349 e. The predicted octanol–water partition coefficient (Wildman–Crippen LogP) is 4.51. The highest BCUT2D eigenvalue weighted by Crippen LogP contribution is 2.20. The Labute approximate surface area is 174 Å². The number of nitrogens with one attached hydrogen (secondary N) is 1. The topological polar surface area (TPSA) is 59.8 Å².